The fourth-order valence-corrected chi connectivity index (χ4v) is 1.53. The Kier molecular flexibility index (Phi) is 4.05. The second kappa shape index (κ2) is 5.32. The first kappa shape index (κ1) is 10.6. The highest BCUT2D eigenvalue weighted by Crippen LogP contribution is 2.29. The van der Waals surface area contributed by atoms with Gasteiger partial charge in [0.15, 0.2) is 0 Å². The molecule has 1 rings (SSSR count). The van der Waals surface area contributed by atoms with Crippen LogP contribution in [-0.2, 0) is 0 Å². The van der Waals surface area contributed by atoms with Crippen molar-refractivity contribution < 1.29 is 0 Å². The fourth-order valence-electron chi connectivity index (χ4n) is 1.53. The Hall–Kier alpha value is -1.44. The summed E-state index contributed by atoms with van der Waals surface area (Å²) in [5, 5.41) is 8.37. The number of allylic oxidation sites excluding steroid dienone is 2. The third-order valence-corrected chi connectivity index (χ3v) is 2.18. The van der Waals surface area contributed by atoms with Crippen LogP contribution in [0.5, 0.6) is 0 Å². The molecule has 74 valence electrons. The monoisotopic (exact) mass is 188 g/mol. The number of hydrogen-bond donors (Lipinski definition) is 0. The van der Waals surface area contributed by atoms with Crippen molar-refractivity contribution in [1.82, 2.24) is 0 Å². The summed E-state index contributed by atoms with van der Waals surface area (Å²) < 4.78 is 0. The van der Waals surface area contributed by atoms with Gasteiger partial charge < -0.3 is 0 Å². The molecule has 0 spiro atoms. The van der Waals surface area contributed by atoms with Gasteiger partial charge >= 0.3 is 0 Å². The highest BCUT2D eigenvalue weighted by atomic mass is 15.2. The second-order valence-electron chi connectivity index (χ2n) is 3.21. The van der Waals surface area contributed by atoms with Crippen LogP contribution in [0.15, 0.2) is 59.5 Å². The summed E-state index contributed by atoms with van der Waals surface area (Å²) in [6.07, 6.45) is 8.13. The van der Waals surface area contributed by atoms with E-state index in [4.69, 9.17) is 0 Å². The van der Waals surface area contributed by atoms with E-state index in [-0.39, 0.29) is 6.04 Å². The molecule has 0 radical (unpaired) electrons. The van der Waals surface area contributed by atoms with Crippen LogP contribution >= 0.6 is 0 Å². The third-order valence-electron chi connectivity index (χ3n) is 2.18. The van der Waals surface area contributed by atoms with E-state index in [1.807, 2.05) is 18.2 Å². The van der Waals surface area contributed by atoms with E-state index in [2.05, 4.69) is 30.0 Å². The molecule has 0 aromatic heterocycles. The molecule has 1 aliphatic rings. The Morgan fingerprint density at radius 3 is 2.36 bits per heavy atom. The zero-order valence-corrected chi connectivity index (χ0v) is 8.45. The standard InChI is InChI=1S/C12H16N2/c1-4-7-10-11(8-5-2)13-14-12(10)9-6-3/h4-6,11H,1-3,7-9H2. The summed E-state index contributed by atoms with van der Waals surface area (Å²) in [5.74, 6) is 0. The Morgan fingerprint density at radius 2 is 1.79 bits per heavy atom. The summed E-state index contributed by atoms with van der Waals surface area (Å²) in [6, 6.07) is 0.181. The van der Waals surface area contributed by atoms with Crippen molar-refractivity contribution in [2.75, 3.05) is 0 Å². The lowest BCUT2D eigenvalue weighted by molar-refractivity contribution is 0.762. The summed E-state index contributed by atoms with van der Waals surface area (Å²) >= 11 is 0. The average Bonchev–Trinajstić information content (AvgIpc) is 2.52. The summed E-state index contributed by atoms with van der Waals surface area (Å²) in [4.78, 5) is 0. The van der Waals surface area contributed by atoms with E-state index in [1.165, 1.54) is 5.57 Å². The molecule has 0 aromatic rings. The predicted octanol–water partition coefficient (Wildman–Crippen LogP) is 3.80. The zero-order chi connectivity index (χ0) is 10.4. The van der Waals surface area contributed by atoms with E-state index >= 15 is 0 Å². The van der Waals surface area contributed by atoms with Crippen molar-refractivity contribution in [3.05, 3.63) is 49.2 Å². The maximum atomic E-state index is 4.21. The topological polar surface area (TPSA) is 24.7 Å². The first-order valence-corrected chi connectivity index (χ1v) is 4.79. The molecule has 0 bridgehead atoms. The minimum atomic E-state index is 0.181. The summed E-state index contributed by atoms with van der Waals surface area (Å²) in [7, 11) is 0. The zero-order valence-electron chi connectivity index (χ0n) is 8.45. The molecule has 0 fully saturated rings. The molecule has 1 heterocycles. The van der Waals surface area contributed by atoms with Crippen LogP contribution in [0.1, 0.15) is 19.3 Å². The molecule has 14 heavy (non-hydrogen) atoms. The smallest absolute Gasteiger partial charge is 0.0980 e. The second-order valence-corrected chi connectivity index (χ2v) is 3.21. The minimum absolute atomic E-state index is 0.181. The molecule has 0 saturated heterocycles. The lowest BCUT2D eigenvalue weighted by Crippen LogP contribution is -2.04. The van der Waals surface area contributed by atoms with Crippen LogP contribution in [0, 0.1) is 0 Å². The quantitative estimate of drug-likeness (QED) is 0.566. The van der Waals surface area contributed by atoms with Crippen molar-refractivity contribution in [2.45, 2.75) is 25.3 Å². The van der Waals surface area contributed by atoms with Crippen LogP contribution in [0.3, 0.4) is 0 Å². The maximum absolute atomic E-state index is 4.21. The van der Waals surface area contributed by atoms with Gasteiger partial charge in [-0.25, -0.2) is 0 Å². The average molecular weight is 188 g/mol. The number of hydrogen-bond acceptors (Lipinski definition) is 2. The van der Waals surface area contributed by atoms with E-state index in [1.54, 1.807) is 0 Å². The Labute approximate surface area is 85.4 Å². The summed E-state index contributed by atoms with van der Waals surface area (Å²) in [6.45, 7) is 11.2. The molecule has 1 atom stereocenters. The van der Waals surface area contributed by atoms with Gasteiger partial charge in [-0.2, -0.15) is 10.2 Å². The van der Waals surface area contributed by atoms with Gasteiger partial charge in [0.2, 0.25) is 0 Å². The van der Waals surface area contributed by atoms with Gasteiger partial charge in [-0.15, -0.1) is 19.7 Å². The number of nitrogens with zero attached hydrogens (tertiary/aromatic N) is 2. The van der Waals surface area contributed by atoms with Crippen LogP contribution < -0.4 is 0 Å². The first-order chi connectivity index (χ1) is 6.83. The molecule has 1 aliphatic heterocycles. The van der Waals surface area contributed by atoms with E-state index < -0.39 is 0 Å². The van der Waals surface area contributed by atoms with E-state index in [0.29, 0.717) is 0 Å². The van der Waals surface area contributed by atoms with Crippen LogP contribution in [-0.4, -0.2) is 6.04 Å². The molecule has 0 N–H and O–H groups in total. The molecule has 0 aromatic carbocycles. The predicted molar refractivity (Wildman–Crippen MR) is 60.1 cm³/mol. The van der Waals surface area contributed by atoms with Crippen molar-refractivity contribution in [3.63, 3.8) is 0 Å². The lowest BCUT2D eigenvalue weighted by Gasteiger charge is -2.07. The van der Waals surface area contributed by atoms with Gasteiger partial charge in [0.25, 0.3) is 0 Å². The van der Waals surface area contributed by atoms with Gasteiger partial charge in [-0.1, -0.05) is 18.2 Å². The SMILES string of the molecule is C=CCC1=C(CC=C)C(CC=C)N=N1. The number of azo groups is 1. The lowest BCUT2D eigenvalue weighted by atomic mass is 9.99. The van der Waals surface area contributed by atoms with Crippen molar-refractivity contribution in [3.8, 4) is 0 Å². The largest absolute Gasteiger partial charge is 0.181 e. The highest BCUT2D eigenvalue weighted by molar-refractivity contribution is 5.26. The van der Waals surface area contributed by atoms with Crippen LogP contribution in [0.25, 0.3) is 0 Å². The van der Waals surface area contributed by atoms with E-state index in [0.717, 1.165) is 25.0 Å². The molecule has 0 saturated carbocycles. The van der Waals surface area contributed by atoms with Crippen LogP contribution in [0.4, 0.5) is 0 Å². The van der Waals surface area contributed by atoms with E-state index in [9.17, 15) is 0 Å². The van der Waals surface area contributed by atoms with Crippen molar-refractivity contribution in [1.29, 1.82) is 0 Å². The molecule has 0 aliphatic carbocycles. The van der Waals surface area contributed by atoms with Gasteiger partial charge in [-0.3, -0.25) is 0 Å². The molecular weight excluding hydrogens is 172 g/mol. The van der Waals surface area contributed by atoms with Gasteiger partial charge in [0.05, 0.1) is 11.7 Å². The normalized spacial score (nSPS) is 19.9. The summed E-state index contributed by atoms with van der Waals surface area (Å²) in [5.41, 5.74) is 2.31. The Balaban J connectivity index is 2.82. The minimum Gasteiger partial charge on any atom is -0.181 e. The molecular formula is C12H16N2. The highest BCUT2D eigenvalue weighted by Gasteiger charge is 2.20. The maximum Gasteiger partial charge on any atom is 0.0980 e. The van der Waals surface area contributed by atoms with Gasteiger partial charge in [0, 0.05) is 6.42 Å². The van der Waals surface area contributed by atoms with Crippen LogP contribution in [0.2, 0.25) is 0 Å². The molecule has 2 nitrogen and oxygen atoms in total. The molecule has 2 heteroatoms. The Morgan fingerprint density at radius 1 is 1.07 bits per heavy atom. The molecule has 1 unspecified atom stereocenters. The first-order valence-electron chi connectivity index (χ1n) is 4.79. The number of rotatable bonds is 6. The Bertz CT molecular complexity index is 297. The van der Waals surface area contributed by atoms with Gasteiger partial charge in [0.1, 0.15) is 0 Å². The van der Waals surface area contributed by atoms with Gasteiger partial charge in [-0.05, 0) is 18.4 Å². The third kappa shape index (κ3) is 2.28. The fraction of sp³-hybridized carbons (Fsp3) is 0.333. The van der Waals surface area contributed by atoms with Crippen molar-refractivity contribution in [2.24, 2.45) is 10.2 Å². The van der Waals surface area contributed by atoms with Crippen molar-refractivity contribution >= 4 is 0 Å². The molecule has 0 amide bonds.